The van der Waals surface area contributed by atoms with Crippen LogP contribution >= 0.6 is 11.3 Å². The fraction of sp³-hybridized carbons (Fsp3) is 0.667. The summed E-state index contributed by atoms with van der Waals surface area (Å²) in [7, 11) is 0. The number of rotatable bonds is 4. The molecule has 1 rings (SSSR count). The Hall–Kier alpha value is -0.610. The van der Waals surface area contributed by atoms with Crippen LogP contribution in [0.2, 0.25) is 0 Å². The molecule has 0 aliphatic heterocycles. The van der Waals surface area contributed by atoms with Crippen LogP contribution in [-0.4, -0.2) is 10.1 Å². The van der Waals surface area contributed by atoms with Crippen molar-refractivity contribution in [2.24, 2.45) is 5.92 Å². The molecule has 4 heteroatoms. The Kier molecular flexibility index (Phi) is 3.69. The lowest BCUT2D eigenvalue weighted by Crippen LogP contribution is -2.09. The zero-order chi connectivity index (χ0) is 9.84. The third-order valence-corrected chi connectivity index (χ3v) is 3.23. The van der Waals surface area contributed by atoms with E-state index >= 15 is 0 Å². The van der Waals surface area contributed by atoms with Gasteiger partial charge in [0.15, 0.2) is 5.13 Å². The highest BCUT2D eigenvalue weighted by Gasteiger charge is 2.19. The highest BCUT2D eigenvalue weighted by molar-refractivity contribution is 7.15. The average Bonchev–Trinajstić information content (AvgIpc) is 2.54. The van der Waals surface area contributed by atoms with Gasteiger partial charge in [0.25, 0.3) is 0 Å². The van der Waals surface area contributed by atoms with Crippen LogP contribution in [0.5, 0.6) is 0 Å². The van der Waals surface area contributed by atoms with Gasteiger partial charge in [0.05, 0.1) is 11.0 Å². The van der Waals surface area contributed by atoms with Crippen LogP contribution in [0.1, 0.15) is 37.7 Å². The maximum absolute atomic E-state index is 9.91. The highest BCUT2D eigenvalue weighted by Crippen LogP contribution is 2.31. The lowest BCUT2D eigenvalue weighted by molar-refractivity contribution is 0.106. The lowest BCUT2D eigenvalue weighted by atomic mass is 9.96. The second kappa shape index (κ2) is 4.58. The zero-order valence-corrected chi connectivity index (χ0v) is 8.84. The van der Waals surface area contributed by atoms with Crippen molar-refractivity contribution in [3.05, 3.63) is 11.1 Å². The average molecular weight is 200 g/mol. The molecule has 0 radical (unpaired) electrons. The van der Waals surface area contributed by atoms with E-state index in [-0.39, 0.29) is 0 Å². The molecule has 1 atom stereocenters. The quantitative estimate of drug-likeness (QED) is 0.783. The van der Waals surface area contributed by atoms with E-state index in [2.05, 4.69) is 18.8 Å². The number of aliphatic hydroxyl groups excluding tert-OH is 1. The van der Waals surface area contributed by atoms with Crippen LogP contribution in [0.3, 0.4) is 0 Å². The first-order chi connectivity index (χ1) is 6.19. The topological polar surface area (TPSA) is 59.1 Å². The van der Waals surface area contributed by atoms with Crippen LogP contribution < -0.4 is 5.73 Å². The summed E-state index contributed by atoms with van der Waals surface area (Å²) in [5.74, 6) is 0.319. The number of aliphatic hydroxyl groups is 1. The van der Waals surface area contributed by atoms with Gasteiger partial charge in [-0.05, 0) is 5.92 Å². The monoisotopic (exact) mass is 200 g/mol. The summed E-state index contributed by atoms with van der Waals surface area (Å²) >= 11 is 1.37. The molecule has 0 aliphatic carbocycles. The summed E-state index contributed by atoms with van der Waals surface area (Å²) in [6.07, 6.45) is 3.23. The van der Waals surface area contributed by atoms with Gasteiger partial charge >= 0.3 is 0 Å². The molecule has 0 amide bonds. The fourth-order valence-corrected chi connectivity index (χ4v) is 2.17. The molecule has 13 heavy (non-hydrogen) atoms. The number of nitrogen functional groups attached to an aromatic ring is 1. The number of nitrogens with two attached hydrogens (primary N) is 1. The van der Waals surface area contributed by atoms with Crippen molar-refractivity contribution in [3.63, 3.8) is 0 Å². The Morgan fingerprint density at radius 1 is 1.54 bits per heavy atom. The van der Waals surface area contributed by atoms with E-state index < -0.39 is 6.10 Å². The number of aromatic nitrogens is 1. The molecule has 0 aromatic carbocycles. The van der Waals surface area contributed by atoms with Crippen molar-refractivity contribution in [1.29, 1.82) is 0 Å². The van der Waals surface area contributed by atoms with Gasteiger partial charge in [0.1, 0.15) is 0 Å². The number of hydrogen-bond donors (Lipinski definition) is 2. The molecule has 0 spiro atoms. The Bertz CT molecular complexity index is 258. The second-order valence-electron chi connectivity index (χ2n) is 3.12. The molecule has 0 fully saturated rings. The molecule has 1 aromatic heterocycles. The van der Waals surface area contributed by atoms with Gasteiger partial charge in [0.2, 0.25) is 0 Å². The summed E-state index contributed by atoms with van der Waals surface area (Å²) in [4.78, 5) is 4.81. The molecular weight excluding hydrogens is 184 g/mol. The van der Waals surface area contributed by atoms with E-state index in [1.54, 1.807) is 6.20 Å². The Morgan fingerprint density at radius 3 is 2.54 bits per heavy atom. The van der Waals surface area contributed by atoms with Crippen molar-refractivity contribution in [2.45, 2.75) is 32.8 Å². The van der Waals surface area contributed by atoms with Gasteiger partial charge in [-0.2, -0.15) is 0 Å². The largest absolute Gasteiger partial charge is 0.387 e. The number of thiazole rings is 1. The number of nitrogens with zero attached hydrogens (tertiary/aromatic N) is 1. The Labute approximate surface area is 82.6 Å². The minimum atomic E-state index is -0.398. The van der Waals surface area contributed by atoms with E-state index in [1.165, 1.54) is 11.3 Å². The Balaban J connectivity index is 2.71. The van der Waals surface area contributed by atoms with Crippen molar-refractivity contribution < 1.29 is 5.11 Å². The van der Waals surface area contributed by atoms with E-state index in [9.17, 15) is 5.11 Å². The first kappa shape index (κ1) is 10.5. The summed E-state index contributed by atoms with van der Waals surface area (Å²) in [5.41, 5.74) is 5.50. The van der Waals surface area contributed by atoms with Crippen LogP contribution in [0.25, 0.3) is 0 Å². The fourth-order valence-electron chi connectivity index (χ4n) is 1.40. The SMILES string of the molecule is CCC(CC)C(O)c1cnc(N)s1. The molecule has 3 nitrogen and oxygen atoms in total. The third-order valence-electron chi connectivity index (χ3n) is 2.33. The summed E-state index contributed by atoms with van der Waals surface area (Å²) < 4.78 is 0. The molecule has 0 saturated carbocycles. The molecule has 3 N–H and O–H groups in total. The Morgan fingerprint density at radius 2 is 2.15 bits per heavy atom. The minimum absolute atomic E-state index is 0.319. The van der Waals surface area contributed by atoms with Crippen molar-refractivity contribution in [1.82, 2.24) is 4.98 Å². The number of anilines is 1. The zero-order valence-electron chi connectivity index (χ0n) is 8.03. The maximum Gasteiger partial charge on any atom is 0.180 e. The van der Waals surface area contributed by atoms with Crippen LogP contribution in [-0.2, 0) is 0 Å². The summed E-state index contributed by atoms with van der Waals surface area (Å²) in [6, 6.07) is 0. The smallest absolute Gasteiger partial charge is 0.180 e. The standard InChI is InChI=1S/C9H16N2OS/c1-3-6(4-2)8(12)7-5-11-9(10)13-7/h5-6,8,12H,3-4H2,1-2H3,(H2,10,11). The molecule has 1 heterocycles. The van der Waals surface area contributed by atoms with E-state index in [4.69, 9.17) is 5.73 Å². The molecule has 74 valence electrons. The van der Waals surface area contributed by atoms with E-state index in [1.807, 2.05) is 0 Å². The van der Waals surface area contributed by atoms with Crippen molar-refractivity contribution in [2.75, 3.05) is 5.73 Å². The summed E-state index contributed by atoms with van der Waals surface area (Å²) in [5, 5.41) is 10.4. The van der Waals surface area contributed by atoms with Gasteiger partial charge in [0, 0.05) is 6.20 Å². The second-order valence-corrected chi connectivity index (χ2v) is 4.22. The third kappa shape index (κ3) is 2.42. The van der Waals surface area contributed by atoms with Crippen LogP contribution in [0.15, 0.2) is 6.20 Å². The first-order valence-corrected chi connectivity index (χ1v) is 5.39. The minimum Gasteiger partial charge on any atom is -0.387 e. The first-order valence-electron chi connectivity index (χ1n) is 4.58. The highest BCUT2D eigenvalue weighted by atomic mass is 32.1. The van der Waals surface area contributed by atoms with Gasteiger partial charge in [-0.25, -0.2) is 4.98 Å². The van der Waals surface area contributed by atoms with E-state index in [0.717, 1.165) is 17.7 Å². The lowest BCUT2D eigenvalue weighted by Gasteiger charge is -2.17. The van der Waals surface area contributed by atoms with Crippen LogP contribution in [0, 0.1) is 5.92 Å². The van der Waals surface area contributed by atoms with Crippen molar-refractivity contribution >= 4 is 16.5 Å². The number of hydrogen-bond acceptors (Lipinski definition) is 4. The normalized spacial score (nSPS) is 13.5. The molecule has 0 saturated heterocycles. The van der Waals surface area contributed by atoms with Gasteiger partial charge in [-0.1, -0.05) is 38.0 Å². The van der Waals surface area contributed by atoms with Crippen molar-refractivity contribution in [3.8, 4) is 0 Å². The molecule has 0 aliphatic rings. The predicted octanol–water partition coefficient (Wildman–Crippen LogP) is 2.19. The molecular formula is C9H16N2OS. The summed E-state index contributed by atoms with van der Waals surface area (Å²) in [6.45, 7) is 4.17. The van der Waals surface area contributed by atoms with Gasteiger partial charge in [-0.15, -0.1) is 0 Å². The maximum atomic E-state index is 9.91. The molecule has 1 aromatic rings. The van der Waals surface area contributed by atoms with Gasteiger partial charge in [-0.3, -0.25) is 0 Å². The van der Waals surface area contributed by atoms with E-state index in [0.29, 0.717) is 11.0 Å². The van der Waals surface area contributed by atoms with Gasteiger partial charge < -0.3 is 10.8 Å². The molecule has 0 bridgehead atoms. The molecule has 1 unspecified atom stereocenters. The van der Waals surface area contributed by atoms with Crippen LogP contribution in [0.4, 0.5) is 5.13 Å². The predicted molar refractivity (Wildman–Crippen MR) is 55.6 cm³/mol.